The first-order valence-electron chi connectivity index (χ1n) is 6.46. The van der Waals surface area contributed by atoms with Crippen molar-refractivity contribution in [1.82, 2.24) is 0 Å². The Morgan fingerprint density at radius 3 is 2.00 bits per heavy atom. The zero-order valence-electron chi connectivity index (χ0n) is 9.75. The third-order valence-corrected chi connectivity index (χ3v) is 7.65. The zero-order valence-corrected chi connectivity index (χ0v) is 11.7. The van der Waals surface area contributed by atoms with E-state index in [2.05, 4.69) is 0 Å². The lowest BCUT2D eigenvalue weighted by atomic mass is 9.76. The van der Waals surface area contributed by atoms with E-state index in [-0.39, 0.29) is 0 Å². The van der Waals surface area contributed by atoms with Gasteiger partial charge >= 0.3 is 0 Å². The smallest absolute Gasteiger partial charge is 0.141 e. The van der Waals surface area contributed by atoms with Gasteiger partial charge in [0.05, 0.1) is 6.10 Å². The molecule has 1 aliphatic heterocycles. The number of hydrogen-bond acceptors (Lipinski definition) is 1. The van der Waals surface area contributed by atoms with Crippen LogP contribution in [-0.2, 0) is 4.74 Å². The average Bonchev–Trinajstić information content (AvgIpc) is 2.30. The van der Waals surface area contributed by atoms with Crippen molar-refractivity contribution >= 4 is 19.2 Å². The summed E-state index contributed by atoms with van der Waals surface area (Å²) in [6.07, 6.45) is 8.81. The van der Waals surface area contributed by atoms with Crippen molar-refractivity contribution in [2.45, 2.75) is 56.7 Å². The largest absolute Gasteiger partial charge is 0.381 e. The molecular weight excluding hydrogens is 224 g/mol. The van der Waals surface area contributed by atoms with Crippen LogP contribution in [0.4, 0.5) is 0 Å². The van der Waals surface area contributed by atoms with Gasteiger partial charge in [0.2, 0.25) is 0 Å². The van der Waals surface area contributed by atoms with Crippen LogP contribution in [0, 0.1) is 11.8 Å². The van der Waals surface area contributed by atoms with Crippen molar-refractivity contribution < 1.29 is 4.74 Å². The molecule has 0 amide bonds. The minimum absolute atomic E-state index is 0.556. The Hall–Kier alpha value is 0.467. The lowest BCUT2D eigenvalue weighted by Crippen LogP contribution is -2.28. The summed E-state index contributed by atoms with van der Waals surface area (Å²) < 4.78 is 5.43. The van der Waals surface area contributed by atoms with Crippen molar-refractivity contribution in [2.75, 3.05) is 7.11 Å². The highest BCUT2D eigenvalue weighted by atomic mass is 35.6. The summed E-state index contributed by atoms with van der Waals surface area (Å²) in [6, 6.07) is 2.77. The lowest BCUT2D eigenvalue weighted by molar-refractivity contribution is 0.0449. The highest BCUT2D eigenvalue weighted by Gasteiger charge is 2.30. The van der Waals surface area contributed by atoms with Gasteiger partial charge in [0.1, 0.15) is 8.11 Å². The van der Waals surface area contributed by atoms with Crippen LogP contribution in [0.3, 0.4) is 0 Å². The second-order valence-corrected chi connectivity index (χ2v) is 9.49. The van der Waals surface area contributed by atoms with Crippen molar-refractivity contribution in [3.8, 4) is 0 Å². The maximum Gasteiger partial charge on any atom is 0.141 e. The fraction of sp³-hybridized carbons (Fsp3) is 1.00. The number of ether oxygens (including phenoxy) is 1. The van der Waals surface area contributed by atoms with E-state index >= 15 is 0 Å². The number of hydrogen-bond donors (Lipinski definition) is 0. The van der Waals surface area contributed by atoms with Crippen molar-refractivity contribution in [2.24, 2.45) is 11.8 Å². The van der Waals surface area contributed by atoms with Crippen LogP contribution in [0.15, 0.2) is 0 Å². The van der Waals surface area contributed by atoms with Crippen LogP contribution in [0.25, 0.3) is 0 Å². The molecule has 88 valence electrons. The van der Waals surface area contributed by atoms with Crippen molar-refractivity contribution in [3.63, 3.8) is 0 Å². The minimum Gasteiger partial charge on any atom is -0.381 e. The number of methoxy groups -OCH3 is 1. The third-order valence-electron chi connectivity index (χ3n) is 4.42. The molecule has 0 aromatic rings. The van der Waals surface area contributed by atoms with Gasteiger partial charge < -0.3 is 4.74 Å². The summed E-state index contributed by atoms with van der Waals surface area (Å²) >= 11 is 6.29. The van der Waals surface area contributed by atoms with Gasteiger partial charge in [0, 0.05) is 7.11 Å². The molecular formula is C12H23ClOSi. The van der Waals surface area contributed by atoms with E-state index < -0.39 is 8.11 Å². The Balaban J connectivity index is 1.75. The molecule has 0 N–H and O–H groups in total. The van der Waals surface area contributed by atoms with Gasteiger partial charge in [0.15, 0.2) is 0 Å². The van der Waals surface area contributed by atoms with Gasteiger partial charge in [0.25, 0.3) is 0 Å². The zero-order chi connectivity index (χ0) is 10.7. The predicted octanol–water partition coefficient (Wildman–Crippen LogP) is 3.56. The molecule has 0 aromatic carbocycles. The number of rotatable bonds is 2. The Bertz CT molecular complexity index is 184. The molecule has 1 saturated heterocycles. The fourth-order valence-electron chi connectivity index (χ4n) is 3.35. The van der Waals surface area contributed by atoms with Gasteiger partial charge in [-0.1, -0.05) is 12.8 Å². The van der Waals surface area contributed by atoms with Gasteiger partial charge in [-0.25, -0.2) is 0 Å². The summed E-state index contributed by atoms with van der Waals surface area (Å²) in [4.78, 5) is 0. The summed E-state index contributed by atoms with van der Waals surface area (Å²) in [5, 5.41) is 0. The molecule has 2 fully saturated rings. The first-order valence-corrected chi connectivity index (χ1v) is 9.84. The molecule has 15 heavy (non-hydrogen) atoms. The van der Waals surface area contributed by atoms with E-state index in [0.29, 0.717) is 6.10 Å². The van der Waals surface area contributed by atoms with Crippen molar-refractivity contribution in [3.05, 3.63) is 0 Å². The first kappa shape index (κ1) is 11.9. The summed E-state index contributed by atoms with van der Waals surface area (Å²) in [5.74, 6) is 2.00. The maximum atomic E-state index is 6.29. The first-order chi connectivity index (χ1) is 7.29. The quantitative estimate of drug-likeness (QED) is 0.535. The van der Waals surface area contributed by atoms with Crippen LogP contribution in [0.5, 0.6) is 0 Å². The molecule has 2 rings (SSSR count). The maximum absolute atomic E-state index is 6.29. The molecule has 0 unspecified atom stereocenters. The van der Waals surface area contributed by atoms with Crippen LogP contribution < -0.4 is 0 Å². The van der Waals surface area contributed by atoms with Gasteiger partial charge in [-0.15, -0.1) is 0 Å². The molecule has 1 aliphatic carbocycles. The summed E-state index contributed by atoms with van der Waals surface area (Å²) in [5.41, 5.74) is 0. The van der Waals surface area contributed by atoms with E-state index in [1.807, 2.05) is 7.11 Å². The Kier molecular flexibility index (Phi) is 4.53. The van der Waals surface area contributed by atoms with Gasteiger partial charge in [-0.2, -0.15) is 11.1 Å². The Morgan fingerprint density at radius 1 is 0.933 bits per heavy atom. The predicted molar refractivity (Wildman–Crippen MR) is 68.1 cm³/mol. The molecule has 0 spiro atoms. The molecule has 1 nitrogen and oxygen atoms in total. The van der Waals surface area contributed by atoms with E-state index in [1.165, 1.54) is 50.6 Å². The second kappa shape index (κ2) is 5.69. The summed E-state index contributed by atoms with van der Waals surface area (Å²) in [7, 11) is 1.10. The van der Waals surface area contributed by atoms with E-state index in [4.69, 9.17) is 15.8 Å². The molecule has 0 aromatic heterocycles. The second-order valence-electron chi connectivity index (χ2n) is 5.28. The topological polar surface area (TPSA) is 9.23 Å². The fourth-order valence-corrected chi connectivity index (χ4v) is 5.97. The van der Waals surface area contributed by atoms with Crippen molar-refractivity contribution in [1.29, 1.82) is 0 Å². The molecule has 0 atom stereocenters. The minimum atomic E-state index is -0.758. The van der Waals surface area contributed by atoms with Crippen LogP contribution >= 0.6 is 11.1 Å². The molecule has 2 aliphatic rings. The summed E-state index contributed by atoms with van der Waals surface area (Å²) in [6.45, 7) is 0. The number of halogens is 1. The molecule has 1 saturated carbocycles. The van der Waals surface area contributed by atoms with Gasteiger partial charge in [-0.3, -0.25) is 0 Å². The monoisotopic (exact) mass is 246 g/mol. The standard InChI is InChI=1S/C12H23ClOSi/c1-14-12-4-2-10(3-5-12)11-6-8-15(13)9-7-11/h10-12,15H,2-9H2,1H3. The highest BCUT2D eigenvalue weighted by molar-refractivity contribution is 7.07. The van der Waals surface area contributed by atoms with Crippen LogP contribution in [0.1, 0.15) is 38.5 Å². The van der Waals surface area contributed by atoms with E-state index in [1.54, 1.807) is 0 Å². The third kappa shape index (κ3) is 3.21. The molecule has 0 radical (unpaired) electrons. The Morgan fingerprint density at radius 2 is 1.47 bits per heavy atom. The van der Waals surface area contributed by atoms with E-state index in [0.717, 1.165) is 11.8 Å². The SMILES string of the molecule is COC1CCC(C2CC[SiH](Cl)CC2)CC1. The normalized spacial score (nSPS) is 42.8. The molecule has 1 heterocycles. The lowest BCUT2D eigenvalue weighted by Gasteiger charge is -2.36. The Labute approximate surface area is 99.8 Å². The van der Waals surface area contributed by atoms with Gasteiger partial charge in [-0.05, 0) is 49.6 Å². The van der Waals surface area contributed by atoms with Crippen LogP contribution in [0.2, 0.25) is 12.1 Å². The van der Waals surface area contributed by atoms with E-state index in [9.17, 15) is 0 Å². The van der Waals surface area contributed by atoms with Crippen LogP contribution in [-0.4, -0.2) is 21.3 Å². The molecule has 0 bridgehead atoms. The molecule has 3 heteroatoms. The average molecular weight is 247 g/mol. The highest BCUT2D eigenvalue weighted by Crippen LogP contribution is 2.39.